The molecule has 5 nitrogen and oxygen atoms in total. The van der Waals surface area contributed by atoms with Gasteiger partial charge in [0.1, 0.15) is 23.9 Å². The van der Waals surface area contributed by atoms with E-state index in [4.69, 9.17) is 21.1 Å². The predicted molar refractivity (Wildman–Crippen MR) is 113 cm³/mol. The molecule has 1 aliphatic rings. The number of rotatable bonds is 5. The maximum absolute atomic E-state index is 13.9. The van der Waals surface area contributed by atoms with Gasteiger partial charge in [0.25, 0.3) is 0 Å². The lowest BCUT2D eigenvalue weighted by molar-refractivity contribution is 0.0600. The van der Waals surface area contributed by atoms with Gasteiger partial charge in [-0.05, 0) is 48.0 Å². The minimum atomic E-state index is -0.455. The maximum Gasteiger partial charge on any atom is 0.337 e. The number of benzene rings is 3. The molecule has 0 aromatic heterocycles. The van der Waals surface area contributed by atoms with Crippen LogP contribution in [0.2, 0.25) is 5.02 Å². The zero-order valence-electron chi connectivity index (χ0n) is 16.4. The SMILES string of the molecule is COC(=O)c1ccc(/C=C2\Oc3cc(OCc4c(F)cccc4Cl)ccc3C2=O)cc1. The smallest absolute Gasteiger partial charge is 0.337 e. The van der Waals surface area contributed by atoms with E-state index in [0.29, 0.717) is 28.2 Å². The highest BCUT2D eigenvalue weighted by Crippen LogP contribution is 2.35. The minimum absolute atomic E-state index is 0.0620. The third-order valence-electron chi connectivity index (χ3n) is 4.72. The standard InChI is InChI=1S/C24H16ClFO5/c1-29-24(28)15-7-5-14(6-8-15)11-22-23(27)17-10-9-16(12-21(17)31-22)30-13-18-19(25)3-2-4-20(18)26/h2-12H,13H2,1H3/b22-11-. The van der Waals surface area contributed by atoms with Crippen LogP contribution >= 0.6 is 11.6 Å². The number of esters is 1. The molecule has 0 radical (unpaired) electrons. The number of methoxy groups -OCH3 is 1. The van der Waals surface area contributed by atoms with Gasteiger partial charge in [0.2, 0.25) is 5.78 Å². The first kappa shape index (κ1) is 20.6. The van der Waals surface area contributed by atoms with Crippen LogP contribution in [-0.2, 0) is 11.3 Å². The van der Waals surface area contributed by atoms with Crippen LogP contribution < -0.4 is 9.47 Å². The largest absolute Gasteiger partial charge is 0.489 e. The van der Waals surface area contributed by atoms with E-state index in [1.54, 1.807) is 54.6 Å². The number of hydrogen-bond acceptors (Lipinski definition) is 5. The van der Waals surface area contributed by atoms with Crippen molar-refractivity contribution in [2.75, 3.05) is 7.11 Å². The summed E-state index contributed by atoms with van der Waals surface area (Å²) in [6.45, 7) is -0.0620. The number of hydrogen-bond donors (Lipinski definition) is 0. The Bertz CT molecular complexity index is 1180. The van der Waals surface area contributed by atoms with Crippen molar-refractivity contribution >= 4 is 29.4 Å². The molecule has 0 amide bonds. The minimum Gasteiger partial charge on any atom is -0.489 e. The molecule has 0 atom stereocenters. The van der Waals surface area contributed by atoms with Gasteiger partial charge in [-0.25, -0.2) is 9.18 Å². The van der Waals surface area contributed by atoms with Gasteiger partial charge >= 0.3 is 5.97 Å². The van der Waals surface area contributed by atoms with Crippen LogP contribution in [0.1, 0.15) is 31.8 Å². The van der Waals surface area contributed by atoms with Gasteiger partial charge in [-0.3, -0.25) is 4.79 Å². The summed E-state index contributed by atoms with van der Waals surface area (Å²) in [5.74, 6) is -0.257. The van der Waals surface area contributed by atoms with E-state index >= 15 is 0 Å². The number of carbonyl (C=O) groups excluding carboxylic acids is 2. The highest BCUT2D eigenvalue weighted by molar-refractivity contribution is 6.31. The normalized spacial score (nSPS) is 13.6. The lowest BCUT2D eigenvalue weighted by Crippen LogP contribution is -2.01. The summed E-state index contributed by atoms with van der Waals surface area (Å²) in [5, 5.41) is 0.274. The van der Waals surface area contributed by atoms with E-state index in [1.807, 2.05) is 0 Å². The number of fused-ring (bicyclic) bond motifs is 1. The van der Waals surface area contributed by atoms with Crippen molar-refractivity contribution in [2.45, 2.75) is 6.61 Å². The number of Topliss-reactive ketones (excluding diaryl/α,β-unsaturated/α-hetero) is 1. The van der Waals surface area contributed by atoms with Gasteiger partial charge < -0.3 is 14.2 Å². The van der Waals surface area contributed by atoms with Crippen molar-refractivity contribution in [3.8, 4) is 11.5 Å². The molecule has 1 heterocycles. The molecule has 0 spiro atoms. The molecule has 0 saturated carbocycles. The van der Waals surface area contributed by atoms with Crippen LogP contribution in [0.3, 0.4) is 0 Å². The molecule has 3 aromatic rings. The molecule has 0 unspecified atom stereocenters. The van der Waals surface area contributed by atoms with Crippen LogP contribution in [-0.4, -0.2) is 18.9 Å². The average Bonchev–Trinajstić information content (AvgIpc) is 3.08. The first-order valence-electron chi connectivity index (χ1n) is 9.28. The quantitative estimate of drug-likeness (QED) is 0.391. The second kappa shape index (κ2) is 8.62. The van der Waals surface area contributed by atoms with Crippen molar-refractivity contribution in [3.05, 3.63) is 99.5 Å². The molecule has 0 aliphatic carbocycles. The number of allylic oxidation sites excluding steroid dienone is 1. The third-order valence-corrected chi connectivity index (χ3v) is 5.07. The number of ketones is 1. The third kappa shape index (κ3) is 4.29. The van der Waals surface area contributed by atoms with E-state index < -0.39 is 11.8 Å². The molecule has 31 heavy (non-hydrogen) atoms. The maximum atomic E-state index is 13.9. The van der Waals surface area contributed by atoms with Gasteiger partial charge in [0, 0.05) is 11.6 Å². The Kier molecular flexibility index (Phi) is 5.73. The second-order valence-corrected chi connectivity index (χ2v) is 7.11. The molecular formula is C24H16ClFO5. The van der Waals surface area contributed by atoms with Crippen LogP contribution in [0.5, 0.6) is 11.5 Å². The van der Waals surface area contributed by atoms with Crippen LogP contribution in [0.15, 0.2) is 66.4 Å². The van der Waals surface area contributed by atoms with Gasteiger partial charge in [-0.2, -0.15) is 0 Å². The molecule has 0 fully saturated rings. The first-order valence-corrected chi connectivity index (χ1v) is 9.66. The van der Waals surface area contributed by atoms with Crippen molar-refractivity contribution in [2.24, 2.45) is 0 Å². The van der Waals surface area contributed by atoms with Gasteiger partial charge in [-0.1, -0.05) is 29.8 Å². The Morgan fingerprint density at radius 2 is 1.90 bits per heavy atom. The van der Waals surface area contributed by atoms with Gasteiger partial charge in [-0.15, -0.1) is 0 Å². The Balaban J connectivity index is 1.50. The van der Waals surface area contributed by atoms with Crippen molar-refractivity contribution in [3.63, 3.8) is 0 Å². The molecular weight excluding hydrogens is 423 g/mol. The summed E-state index contributed by atoms with van der Waals surface area (Å²) in [6.07, 6.45) is 1.59. The number of ether oxygens (including phenoxy) is 3. The lowest BCUT2D eigenvalue weighted by atomic mass is 10.1. The summed E-state index contributed by atoms with van der Waals surface area (Å²) < 4.78 is 29.9. The Hall–Kier alpha value is -3.64. The molecule has 3 aromatic carbocycles. The van der Waals surface area contributed by atoms with Gasteiger partial charge in [0.05, 0.1) is 23.3 Å². The summed E-state index contributed by atoms with van der Waals surface area (Å²) in [7, 11) is 1.31. The van der Waals surface area contributed by atoms with Crippen LogP contribution in [0.25, 0.3) is 6.08 Å². The molecule has 4 rings (SSSR count). The highest BCUT2D eigenvalue weighted by Gasteiger charge is 2.27. The zero-order valence-corrected chi connectivity index (χ0v) is 17.1. The number of halogens is 2. The highest BCUT2D eigenvalue weighted by atomic mass is 35.5. The first-order chi connectivity index (χ1) is 15.0. The molecule has 0 saturated heterocycles. The molecule has 7 heteroatoms. The molecule has 156 valence electrons. The van der Waals surface area contributed by atoms with Crippen molar-refractivity contribution in [1.82, 2.24) is 0 Å². The summed E-state index contributed by atoms with van der Waals surface area (Å²) in [6, 6.07) is 15.8. The average molecular weight is 439 g/mol. The van der Waals surface area contributed by atoms with E-state index in [9.17, 15) is 14.0 Å². The number of carbonyl (C=O) groups is 2. The fraction of sp³-hybridized carbons (Fsp3) is 0.0833. The fourth-order valence-electron chi connectivity index (χ4n) is 3.07. The molecule has 1 aliphatic heterocycles. The molecule has 0 N–H and O–H groups in total. The Morgan fingerprint density at radius 1 is 1.13 bits per heavy atom. The van der Waals surface area contributed by atoms with Crippen molar-refractivity contribution < 1.29 is 28.2 Å². The van der Waals surface area contributed by atoms with Gasteiger partial charge in [0.15, 0.2) is 5.76 Å². The lowest BCUT2D eigenvalue weighted by Gasteiger charge is -2.09. The monoisotopic (exact) mass is 438 g/mol. The van der Waals surface area contributed by atoms with E-state index in [2.05, 4.69) is 4.74 Å². The topological polar surface area (TPSA) is 61.8 Å². The zero-order chi connectivity index (χ0) is 22.0. The van der Waals surface area contributed by atoms with E-state index in [-0.39, 0.29) is 28.7 Å². The summed E-state index contributed by atoms with van der Waals surface area (Å²) in [5.41, 5.74) is 1.74. The fourth-order valence-corrected chi connectivity index (χ4v) is 3.28. The Morgan fingerprint density at radius 3 is 2.61 bits per heavy atom. The summed E-state index contributed by atoms with van der Waals surface area (Å²) >= 11 is 6.02. The van der Waals surface area contributed by atoms with Crippen molar-refractivity contribution in [1.29, 1.82) is 0 Å². The molecule has 0 bridgehead atoms. The van der Waals surface area contributed by atoms with Crippen LogP contribution in [0, 0.1) is 5.82 Å². The summed E-state index contributed by atoms with van der Waals surface area (Å²) in [4.78, 5) is 24.2. The second-order valence-electron chi connectivity index (χ2n) is 6.70. The van der Waals surface area contributed by atoms with Crippen LogP contribution in [0.4, 0.5) is 4.39 Å². The van der Waals surface area contributed by atoms with E-state index in [0.717, 1.165) is 0 Å². The van der Waals surface area contributed by atoms with E-state index in [1.165, 1.54) is 19.2 Å². The predicted octanol–water partition coefficient (Wildman–Crippen LogP) is 5.46. The Labute approximate surface area is 182 Å².